The van der Waals surface area contributed by atoms with Crippen molar-refractivity contribution >= 4 is 21.2 Å². The predicted octanol–water partition coefficient (Wildman–Crippen LogP) is 1.47. The number of aryl methyl sites for hydroxylation is 1. The number of hydrogen-bond acceptors (Lipinski definition) is 4. The summed E-state index contributed by atoms with van der Waals surface area (Å²) in [6, 6.07) is 3.94. The van der Waals surface area contributed by atoms with Gasteiger partial charge in [-0.05, 0) is 31.2 Å². The van der Waals surface area contributed by atoms with E-state index in [1.54, 1.807) is 18.3 Å². The summed E-state index contributed by atoms with van der Waals surface area (Å²) in [5.74, 6) is 0. The molecule has 2 atom stereocenters. The van der Waals surface area contributed by atoms with E-state index in [1.807, 2.05) is 17.5 Å². The predicted molar refractivity (Wildman–Crippen MR) is 63.0 cm³/mol. The van der Waals surface area contributed by atoms with Crippen molar-refractivity contribution in [1.29, 1.82) is 0 Å². The maximum absolute atomic E-state index is 11.2. The van der Waals surface area contributed by atoms with E-state index in [9.17, 15) is 13.5 Å². The lowest BCUT2D eigenvalue weighted by Gasteiger charge is -2.16. The zero-order chi connectivity index (χ0) is 11.5. The van der Waals surface area contributed by atoms with Crippen LogP contribution in [0.4, 0.5) is 0 Å². The molecular weight excluding hydrogens is 232 g/mol. The standard InChI is InChI=1S/C10H16O3S2/c1-8(15(2,12)13)10(11)6-5-9-4-3-7-14-9/h3-4,7-8,10-11H,5-6H2,1-2H3. The van der Waals surface area contributed by atoms with Gasteiger partial charge in [-0.25, -0.2) is 8.42 Å². The minimum Gasteiger partial charge on any atom is -0.392 e. The molecule has 1 heterocycles. The fraction of sp³-hybridized carbons (Fsp3) is 0.600. The molecule has 86 valence electrons. The zero-order valence-corrected chi connectivity index (χ0v) is 10.5. The lowest BCUT2D eigenvalue weighted by molar-refractivity contribution is 0.163. The largest absolute Gasteiger partial charge is 0.392 e. The zero-order valence-electron chi connectivity index (χ0n) is 8.88. The van der Waals surface area contributed by atoms with Gasteiger partial charge in [-0.2, -0.15) is 0 Å². The second-order valence-electron chi connectivity index (χ2n) is 3.72. The molecule has 0 aliphatic carbocycles. The minimum atomic E-state index is -3.14. The highest BCUT2D eigenvalue weighted by Crippen LogP contribution is 2.15. The highest BCUT2D eigenvalue weighted by molar-refractivity contribution is 7.91. The Morgan fingerprint density at radius 1 is 1.53 bits per heavy atom. The first-order valence-electron chi connectivity index (χ1n) is 4.80. The summed E-state index contributed by atoms with van der Waals surface area (Å²) >= 11 is 1.62. The lowest BCUT2D eigenvalue weighted by atomic mass is 10.1. The molecule has 15 heavy (non-hydrogen) atoms. The topological polar surface area (TPSA) is 54.4 Å². The van der Waals surface area contributed by atoms with Gasteiger partial charge in [-0.1, -0.05) is 6.07 Å². The number of hydrogen-bond donors (Lipinski definition) is 1. The van der Waals surface area contributed by atoms with E-state index < -0.39 is 21.2 Å². The van der Waals surface area contributed by atoms with Crippen LogP contribution in [0.3, 0.4) is 0 Å². The lowest BCUT2D eigenvalue weighted by Crippen LogP contribution is -2.30. The van der Waals surface area contributed by atoms with Crippen molar-refractivity contribution in [3.8, 4) is 0 Å². The van der Waals surface area contributed by atoms with E-state index in [1.165, 1.54) is 4.88 Å². The van der Waals surface area contributed by atoms with Crippen LogP contribution in [0.1, 0.15) is 18.2 Å². The smallest absolute Gasteiger partial charge is 0.152 e. The number of aliphatic hydroxyl groups excluding tert-OH is 1. The van der Waals surface area contributed by atoms with Crippen molar-refractivity contribution in [2.45, 2.75) is 31.1 Å². The molecule has 0 aliphatic rings. The van der Waals surface area contributed by atoms with Crippen molar-refractivity contribution in [1.82, 2.24) is 0 Å². The van der Waals surface area contributed by atoms with Crippen molar-refractivity contribution in [3.05, 3.63) is 22.4 Å². The summed E-state index contributed by atoms with van der Waals surface area (Å²) in [5.41, 5.74) is 0. The number of aliphatic hydroxyl groups is 1. The van der Waals surface area contributed by atoms with Gasteiger partial charge in [0.1, 0.15) is 0 Å². The summed E-state index contributed by atoms with van der Waals surface area (Å²) in [6.45, 7) is 1.55. The van der Waals surface area contributed by atoms with Gasteiger partial charge >= 0.3 is 0 Å². The van der Waals surface area contributed by atoms with Gasteiger partial charge < -0.3 is 5.11 Å². The van der Waals surface area contributed by atoms with E-state index in [2.05, 4.69) is 0 Å². The van der Waals surface area contributed by atoms with Crippen LogP contribution in [0.2, 0.25) is 0 Å². The van der Waals surface area contributed by atoms with Crippen LogP contribution in [0, 0.1) is 0 Å². The number of sulfone groups is 1. The van der Waals surface area contributed by atoms with Gasteiger partial charge in [0.25, 0.3) is 0 Å². The molecule has 0 bridgehead atoms. The molecular formula is C10H16O3S2. The molecule has 5 heteroatoms. The molecule has 0 amide bonds. The molecule has 1 rings (SSSR count). The van der Waals surface area contributed by atoms with E-state index in [4.69, 9.17) is 0 Å². The fourth-order valence-corrected chi connectivity index (χ4v) is 2.70. The third-order valence-corrected chi connectivity index (χ3v) is 5.08. The van der Waals surface area contributed by atoms with Crippen molar-refractivity contribution in [2.75, 3.05) is 6.26 Å². The molecule has 1 aromatic rings. The first-order valence-corrected chi connectivity index (χ1v) is 7.64. The molecule has 1 aromatic heterocycles. The Morgan fingerprint density at radius 2 is 2.20 bits per heavy atom. The second-order valence-corrected chi connectivity index (χ2v) is 7.15. The number of thiophene rings is 1. The molecule has 0 aliphatic heterocycles. The quantitative estimate of drug-likeness (QED) is 0.858. The van der Waals surface area contributed by atoms with Gasteiger partial charge in [0.15, 0.2) is 9.84 Å². The Labute approximate surface area is 94.7 Å². The van der Waals surface area contributed by atoms with E-state index in [0.29, 0.717) is 6.42 Å². The summed E-state index contributed by atoms with van der Waals surface area (Å²) in [4.78, 5) is 1.18. The molecule has 0 saturated carbocycles. The second kappa shape index (κ2) is 5.09. The van der Waals surface area contributed by atoms with Crippen molar-refractivity contribution < 1.29 is 13.5 Å². The van der Waals surface area contributed by atoms with Crippen molar-refractivity contribution in [2.24, 2.45) is 0 Å². The maximum atomic E-state index is 11.2. The Hall–Kier alpha value is -0.390. The summed E-state index contributed by atoms with van der Waals surface area (Å²) < 4.78 is 22.4. The molecule has 3 nitrogen and oxygen atoms in total. The Bertz CT molecular complexity index is 381. The van der Waals surface area contributed by atoms with Crippen LogP contribution in [-0.2, 0) is 16.3 Å². The van der Waals surface area contributed by atoms with Gasteiger partial charge in [0.05, 0.1) is 11.4 Å². The van der Waals surface area contributed by atoms with Crippen LogP contribution >= 0.6 is 11.3 Å². The highest BCUT2D eigenvalue weighted by atomic mass is 32.2. The fourth-order valence-electron chi connectivity index (χ4n) is 1.27. The molecule has 1 N–H and O–H groups in total. The SMILES string of the molecule is CC(C(O)CCc1cccs1)S(C)(=O)=O. The van der Waals surface area contributed by atoms with Crippen LogP contribution in [0.15, 0.2) is 17.5 Å². The molecule has 0 spiro atoms. The molecule has 0 aromatic carbocycles. The van der Waals surface area contributed by atoms with Crippen LogP contribution in [0.5, 0.6) is 0 Å². The van der Waals surface area contributed by atoms with Crippen molar-refractivity contribution in [3.63, 3.8) is 0 Å². The van der Waals surface area contributed by atoms with Gasteiger partial charge in [0, 0.05) is 11.1 Å². The van der Waals surface area contributed by atoms with E-state index >= 15 is 0 Å². The van der Waals surface area contributed by atoms with Crippen LogP contribution in [-0.4, -0.2) is 31.1 Å². The molecule has 0 fully saturated rings. The average Bonchev–Trinajstić information content (AvgIpc) is 2.63. The summed E-state index contributed by atoms with van der Waals surface area (Å²) in [6.07, 6.45) is 1.61. The first kappa shape index (κ1) is 12.7. The minimum absolute atomic E-state index is 0.495. The van der Waals surface area contributed by atoms with Gasteiger partial charge in [0.2, 0.25) is 0 Å². The Kier molecular flexibility index (Phi) is 4.31. The van der Waals surface area contributed by atoms with Crippen LogP contribution < -0.4 is 0 Å². The van der Waals surface area contributed by atoms with Gasteiger partial charge in [-0.15, -0.1) is 11.3 Å². The number of rotatable bonds is 5. The first-order chi connectivity index (χ1) is 6.91. The average molecular weight is 248 g/mol. The third kappa shape index (κ3) is 3.93. The normalized spacial score (nSPS) is 16.2. The van der Waals surface area contributed by atoms with E-state index in [-0.39, 0.29) is 0 Å². The maximum Gasteiger partial charge on any atom is 0.152 e. The Balaban J connectivity index is 2.46. The van der Waals surface area contributed by atoms with Crippen LogP contribution in [0.25, 0.3) is 0 Å². The third-order valence-electron chi connectivity index (χ3n) is 2.48. The highest BCUT2D eigenvalue weighted by Gasteiger charge is 2.23. The molecule has 0 radical (unpaired) electrons. The molecule has 0 saturated heterocycles. The van der Waals surface area contributed by atoms with E-state index in [0.717, 1.165) is 12.7 Å². The Morgan fingerprint density at radius 3 is 2.67 bits per heavy atom. The van der Waals surface area contributed by atoms with Gasteiger partial charge in [-0.3, -0.25) is 0 Å². The molecule has 2 unspecified atom stereocenters. The summed E-state index contributed by atoms with van der Waals surface area (Å²) in [7, 11) is -3.14. The summed E-state index contributed by atoms with van der Waals surface area (Å²) in [5, 5.41) is 11.0. The monoisotopic (exact) mass is 248 g/mol.